The smallest absolute Gasteiger partial charge is 0.0293 e. The van der Waals surface area contributed by atoms with Gasteiger partial charge in [-0.05, 0) is 48.8 Å². The number of hydrazine groups is 1. The van der Waals surface area contributed by atoms with Crippen LogP contribution in [0.4, 0.5) is 0 Å². The van der Waals surface area contributed by atoms with E-state index < -0.39 is 0 Å². The molecule has 1 fully saturated rings. The van der Waals surface area contributed by atoms with Crippen molar-refractivity contribution in [1.29, 1.82) is 0 Å². The third-order valence-corrected chi connectivity index (χ3v) is 5.54. The molecule has 20 heavy (non-hydrogen) atoms. The van der Waals surface area contributed by atoms with Crippen molar-refractivity contribution in [2.24, 2.45) is 11.8 Å². The standard InChI is InChI=1S/C17H22N2S/c1-2-13-8-9-14(20-13)10-17(19-18)16-11-15(16)12-6-4-3-5-7-12/h3-9,15-17,19H,2,10-11,18H2,1H3. The molecule has 3 unspecified atom stereocenters. The maximum absolute atomic E-state index is 5.80. The van der Waals surface area contributed by atoms with E-state index >= 15 is 0 Å². The summed E-state index contributed by atoms with van der Waals surface area (Å²) in [7, 11) is 0. The molecule has 0 aliphatic heterocycles. The van der Waals surface area contributed by atoms with Crippen LogP contribution in [0.1, 0.15) is 34.6 Å². The molecule has 2 aromatic rings. The van der Waals surface area contributed by atoms with Crippen molar-refractivity contribution >= 4 is 11.3 Å². The van der Waals surface area contributed by atoms with E-state index in [1.807, 2.05) is 11.3 Å². The summed E-state index contributed by atoms with van der Waals surface area (Å²) in [6.07, 6.45) is 3.43. The number of rotatable bonds is 6. The van der Waals surface area contributed by atoms with Gasteiger partial charge in [0.15, 0.2) is 0 Å². The average molecular weight is 286 g/mol. The summed E-state index contributed by atoms with van der Waals surface area (Å²) in [6, 6.07) is 15.7. The molecule has 1 aliphatic rings. The minimum Gasteiger partial charge on any atom is -0.271 e. The van der Waals surface area contributed by atoms with Crippen LogP contribution < -0.4 is 11.3 Å². The van der Waals surface area contributed by atoms with Crippen LogP contribution in [0, 0.1) is 5.92 Å². The zero-order valence-corrected chi connectivity index (χ0v) is 12.7. The minimum absolute atomic E-state index is 0.392. The van der Waals surface area contributed by atoms with Gasteiger partial charge in [-0.25, -0.2) is 0 Å². The second-order valence-electron chi connectivity index (χ2n) is 5.62. The molecule has 2 nitrogen and oxygen atoms in total. The number of hydrogen-bond donors (Lipinski definition) is 2. The first-order valence-electron chi connectivity index (χ1n) is 7.40. The van der Waals surface area contributed by atoms with Crippen LogP contribution in [-0.2, 0) is 12.8 Å². The van der Waals surface area contributed by atoms with E-state index in [0.717, 1.165) is 12.8 Å². The lowest BCUT2D eigenvalue weighted by Gasteiger charge is -2.15. The SMILES string of the molecule is CCc1ccc(CC(NN)C2CC2c2ccccc2)s1. The van der Waals surface area contributed by atoms with Crippen LogP contribution in [0.2, 0.25) is 0 Å². The van der Waals surface area contributed by atoms with E-state index in [2.05, 4.69) is 54.8 Å². The summed E-state index contributed by atoms with van der Waals surface area (Å²) in [4.78, 5) is 2.91. The Hall–Kier alpha value is -1.16. The first-order valence-corrected chi connectivity index (χ1v) is 8.22. The Morgan fingerprint density at radius 3 is 2.60 bits per heavy atom. The van der Waals surface area contributed by atoms with Gasteiger partial charge in [0.1, 0.15) is 0 Å². The molecular formula is C17H22N2S. The number of hydrogen-bond acceptors (Lipinski definition) is 3. The van der Waals surface area contributed by atoms with Crippen LogP contribution in [-0.4, -0.2) is 6.04 Å². The minimum atomic E-state index is 0.392. The van der Waals surface area contributed by atoms with Crippen LogP contribution >= 0.6 is 11.3 Å². The molecule has 0 spiro atoms. The van der Waals surface area contributed by atoms with Crippen LogP contribution in [0.5, 0.6) is 0 Å². The van der Waals surface area contributed by atoms with Crippen LogP contribution in [0.25, 0.3) is 0 Å². The average Bonchev–Trinajstić information content (AvgIpc) is 3.17. The normalized spacial score (nSPS) is 22.7. The zero-order valence-electron chi connectivity index (χ0n) is 11.9. The van der Waals surface area contributed by atoms with Crippen LogP contribution in [0.3, 0.4) is 0 Å². The Morgan fingerprint density at radius 1 is 1.20 bits per heavy atom. The van der Waals surface area contributed by atoms with Gasteiger partial charge in [0.05, 0.1) is 0 Å². The highest BCUT2D eigenvalue weighted by Gasteiger charge is 2.43. The summed E-state index contributed by atoms with van der Waals surface area (Å²) in [5.74, 6) is 7.15. The monoisotopic (exact) mass is 286 g/mol. The lowest BCUT2D eigenvalue weighted by atomic mass is 10.0. The van der Waals surface area contributed by atoms with Crippen molar-refractivity contribution < 1.29 is 0 Å². The molecule has 1 heterocycles. The van der Waals surface area contributed by atoms with Gasteiger partial charge in [0.2, 0.25) is 0 Å². The summed E-state index contributed by atoms with van der Waals surface area (Å²) >= 11 is 1.92. The first kappa shape index (κ1) is 13.8. The molecular weight excluding hydrogens is 264 g/mol. The van der Waals surface area contributed by atoms with Crippen molar-refractivity contribution in [3.05, 3.63) is 57.8 Å². The Kier molecular flexibility index (Phi) is 4.20. The van der Waals surface area contributed by atoms with E-state index in [-0.39, 0.29) is 0 Å². The molecule has 0 amide bonds. The fourth-order valence-electron chi connectivity index (χ4n) is 3.02. The Bertz CT molecular complexity index is 549. The van der Waals surface area contributed by atoms with Crippen LogP contribution in [0.15, 0.2) is 42.5 Å². The van der Waals surface area contributed by atoms with E-state index in [4.69, 9.17) is 5.84 Å². The van der Waals surface area contributed by atoms with Crippen molar-refractivity contribution in [2.75, 3.05) is 0 Å². The third-order valence-electron chi connectivity index (χ3n) is 4.29. The van der Waals surface area contributed by atoms with E-state index in [9.17, 15) is 0 Å². The van der Waals surface area contributed by atoms with E-state index in [1.165, 1.54) is 21.7 Å². The molecule has 1 aromatic carbocycles. The second kappa shape index (κ2) is 6.08. The molecule has 1 aromatic heterocycles. The number of benzene rings is 1. The Balaban J connectivity index is 1.64. The summed E-state index contributed by atoms with van der Waals surface area (Å²) in [5, 5.41) is 0. The molecule has 3 heteroatoms. The molecule has 3 N–H and O–H groups in total. The van der Waals surface area contributed by atoms with Gasteiger partial charge in [-0.15, -0.1) is 11.3 Å². The maximum atomic E-state index is 5.80. The molecule has 3 atom stereocenters. The van der Waals surface area contributed by atoms with Gasteiger partial charge in [-0.1, -0.05) is 37.3 Å². The fourth-order valence-corrected chi connectivity index (χ4v) is 4.03. The molecule has 0 radical (unpaired) electrons. The van der Waals surface area contributed by atoms with Gasteiger partial charge in [0, 0.05) is 15.8 Å². The van der Waals surface area contributed by atoms with Gasteiger partial charge in [-0.2, -0.15) is 0 Å². The predicted octanol–water partition coefficient (Wildman–Crippen LogP) is 3.49. The van der Waals surface area contributed by atoms with Crippen molar-refractivity contribution in [1.82, 2.24) is 5.43 Å². The molecule has 1 aliphatic carbocycles. The van der Waals surface area contributed by atoms with E-state index in [0.29, 0.717) is 17.9 Å². The predicted molar refractivity (Wildman–Crippen MR) is 85.8 cm³/mol. The molecule has 106 valence electrons. The molecule has 1 saturated carbocycles. The van der Waals surface area contributed by atoms with E-state index in [1.54, 1.807) is 0 Å². The highest BCUT2D eigenvalue weighted by Crippen LogP contribution is 2.50. The quantitative estimate of drug-likeness (QED) is 0.630. The number of nitrogens with two attached hydrogens (primary N) is 1. The number of thiophene rings is 1. The van der Waals surface area contributed by atoms with Gasteiger partial charge in [-0.3, -0.25) is 11.3 Å². The largest absolute Gasteiger partial charge is 0.271 e. The highest BCUT2D eigenvalue weighted by atomic mass is 32.1. The molecule has 3 rings (SSSR count). The maximum Gasteiger partial charge on any atom is 0.0293 e. The fraction of sp³-hybridized carbons (Fsp3) is 0.412. The number of nitrogens with one attached hydrogen (secondary N) is 1. The van der Waals surface area contributed by atoms with Crippen molar-refractivity contribution in [3.8, 4) is 0 Å². The van der Waals surface area contributed by atoms with Gasteiger partial charge < -0.3 is 0 Å². The van der Waals surface area contributed by atoms with Gasteiger partial charge in [0.25, 0.3) is 0 Å². The summed E-state index contributed by atoms with van der Waals surface area (Å²) in [6.45, 7) is 2.21. The van der Waals surface area contributed by atoms with Gasteiger partial charge >= 0.3 is 0 Å². The second-order valence-corrected chi connectivity index (χ2v) is 6.87. The Morgan fingerprint density at radius 2 is 1.95 bits per heavy atom. The topological polar surface area (TPSA) is 38.0 Å². The molecule has 0 saturated heterocycles. The first-order chi connectivity index (χ1) is 9.81. The lowest BCUT2D eigenvalue weighted by Crippen LogP contribution is -2.38. The van der Waals surface area contributed by atoms with Crippen molar-refractivity contribution in [2.45, 2.75) is 38.1 Å². The van der Waals surface area contributed by atoms with Crippen molar-refractivity contribution in [3.63, 3.8) is 0 Å². The number of aryl methyl sites for hydroxylation is 1. The highest BCUT2D eigenvalue weighted by molar-refractivity contribution is 7.11. The summed E-state index contributed by atoms with van der Waals surface area (Å²) < 4.78 is 0. The Labute approximate surface area is 125 Å². The third kappa shape index (κ3) is 2.95. The summed E-state index contributed by atoms with van der Waals surface area (Å²) in [5.41, 5.74) is 4.50. The lowest BCUT2D eigenvalue weighted by molar-refractivity contribution is 0.467. The molecule has 0 bridgehead atoms. The zero-order chi connectivity index (χ0) is 13.9.